The third-order valence-electron chi connectivity index (χ3n) is 2.99. The number of nitrogens with one attached hydrogen (secondary N) is 1. The van der Waals surface area contributed by atoms with E-state index in [1.165, 1.54) is 10.9 Å². The van der Waals surface area contributed by atoms with Crippen LogP contribution < -0.4 is 10.5 Å². The summed E-state index contributed by atoms with van der Waals surface area (Å²) < 4.78 is 28.7. The second-order valence-corrected chi connectivity index (χ2v) is 6.19. The molecule has 8 heteroatoms. The first-order chi connectivity index (χ1) is 9.97. The molecule has 0 unspecified atom stereocenters. The minimum Gasteiger partial charge on any atom is -0.381 e. The van der Waals surface area contributed by atoms with Gasteiger partial charge in [0.05, 0.1) is 11.2 Å². The summed E-state index contributed by atoms with van der Waals surface area (Å²) in [6, 6.07) is 8.92. The topological polar surface area (TPSA) is 103 Å². The molecule has 0 saturated heterocycles. The zero-order chi connectivity index (χ0) is 15.0. The first-order valence-corrected chi connectivity index (χ1v) is 7.61. The highest BCUT2D eigenvalue weighted by Crippen LogP contribution is 2.25. The van der Waals surface area contributed by atoms with Crippen LogP contribution in [0.15, 0.2) is 47.6 Å². The van der Waals surface area contributed by atoms with Crippen LogP contribution in [0, 0.1) is 0 Å². The van der Waals surface area contributed by atoms with Crippen LogP contribution in [0.25, 0.3) is 10.9 Å². The fourth-order valence-corrected chi connectivity index (χ4v) is 3.25. The van der Waals surface area contributed by atoms with Gasteiger partial charge in [-0.25, -0.2) is 8.42 Å². The van der Waals surface area contributed by atoms with Crippen molar-refractivity contribution in [1.82, 2.24) is 14.8 Å². The van der Waals surface area contributed by atoms with Gasteiger partial charge >= 0.3 is 0 Å². The quantitative estimate of drug-likeness (QED) is 0.760. The number of sulfonamides is 1. The van der Waals surface area contributed by atoms with Gasteiger partial charge in [-0.15, -0.1) is 0 Å². The number of nitrogens with two attached hydrogens (primary N) is 1. The lowest BCUT2D eigenvalue weighted by Gasteiger charge is -2.09. The Balaban J connectivity index is 2.08. The summed E-state index contributed by atoms with van der Waals surface area (Å²) in [6.07, 6.45) is 2.97. The van der Waals surface area contributed by atoms with Crippen molar-refractivity contribution in [3.05, 3.63) is 42.7 Å². The molecule has 0 saturated carbocycles. The predicted molar refractivity (Wildman–Crippen MR) is 80.2 cm³/mol. The number of hydrogen-bond acceptors (Lipinski definition) is 5. The van der Waals surface area contributed by atoms with Crippen LogP contribution in [0.2, 0.25) is 0 Å². The fraction of sp³-hybridized carbons (Fsp3) is 0.0769. The highest BCUT2D eigenvalue weighted by molar-refractivity contribution is 7.92. The molecule has 3 rings (SSSR count). The Morgan fingerprint density at radius 3 is 2.71 bits per heavy atom. The molecule has 21 heavy (non-hydrogen) atoms. The minimum absolute atomic E-state index is 0.0433. The number of anilines is 2. The van der Waals surface area contributed by atoms with Gasteiger partial charge in [0.1, 0.15) is 4.90 Å². The van der Waals surface area contributed by atoms with E-state index in [-0.39, 0.29) is 10.7 Å². The molecule has 0 atom stereocenters. The Morgan fingerprint density at radius 1 is 1.24 bits per heavy atom. The lowest BCUT2D eigenvalue weighted by Crippen LogP contribution is -2.14. The molecular formula is C13H13N5O2S. The van der Waals surface area contributed by atoms with E-state index in [1.807, 2.05) is 12.1 Å². The minimum atomic E-state index is -3.81. The second kappa shape index (κ2) is 4.74. The van der Waals surface area contributed by atoms with Crippen molar-refractivity contribution in [2.75, 3.05) is 10.5 Å². The van der Waals surface area contributed by atoms with Gasteiger partial charge in [-0.05, 0) is 12.1 Å². The van der Waals surface area contributed by atoms with Crippen molar-refractivity contribution < 1.29 is 8.42 Å². The largest absolute Gasteiger partial charge is 0.381 e. The molecule has 0 fully saturated rings. The smallest absolute Gasteiger partial charge is 0.267 e. The first kappa shape index (κ1) is 13.4. The van der Waals surface area contributed by atoms with Gasteiger partial charge in [-0.1, -0.05) is 18.2 Å². The summed E-state index contributed by atoms with van der Waals surface area (Å²) in [4.78, 5) is 4.15. The third kappa shape index (κ3) is 2.40. The average Bonchev–Trinajstić information content (AvgIpc) is 2.79. The molecule has 0 aliphatic heterocycles. The van der Waals surface area contributed by atoms with Crippen LogP contribution in [-0.4, -0.2) is 23.2 Å². The van der Waals surface area contributed by atoms with Gasteiger partial charge in [0.25, 0.3) is 10.0 Å². The van der Waals surface area contributed by atoms with E-state index in [0.29, 0.717) is 11.2 Å². The summed E-state index contributed by atoms with van der Waals surface area (Å²) in [7, 11) is -2.21. The summed E-state index contributed by atoms with van der Waals surface area (Å²) in [5.74, 6) is -0.0433. The summed E-state index contributed by atoms with van der Waals surface area (Å²) >= 11 is 0. The fourth-order valence-electron chi connectivity index (χ4n) is 2.08. The van der Waals surface area contributed by atoms with Crippen LogP contribution in [0.1, 0.15) is 0 Å². The van der Waals surface area contributed by atoms with Crippen molar-refractivity contribution >= 4 is 32.4 Å². The Morgan fingerprint density at radius 2 is 2.00 bits per heavy atom. The van der Waals surface area contributed by atoms with E-state index in [0.717, 1.165) is 5.39 Å². The summed E-state index contributed by atoms with van der Waals surface area (Å²) in [5, 5.41) is 4.69. The first-order valence-electron chi connectivity index (χ1n) is 6.13. The van der Waals surface area contributed by atoms with Crippen LogP contribution in [0.5, 0.6) is 0 Å². The van der Waals surface area contributed by atoms with Crippen molar-refractivity contribution in [3.8, 4) is 0 Å². The van der Waals surface area contributed by atoms with E-state index in [1.54, 1.807) is 31.4 Å². The van der Waals surface area contributed by atoms with E-state index in [2.05, 4.69) is 14.8 Å². The van der Waals surface area contributed by atoms with Crippen molar-refractivity contribution in [1.29, 1.82) is 0 Å². The molecule has 3 aromatic rings. The van der Waals surface area contributed by atoms with E-state index >= 15 is 0 Å². The molecular weight excluding hydrogens is 290 g/mol. The highest BCUT2D eigenvalue weighted by atomic mass is 32.2. The lowest BCUT2D eigenvalue weighted by molar-refractivity contribution is 0.601. The Kier molecular flexibility index (Phi) is 3.02. The SMILES string of the molecule is Cn1cc(S(=O)(=O)Nc2cccc3cccnc23)c(N)n1. The standard InChI is InChI=1S/C13H13N5O2S/c1-18-8-11(13(14)16-18)21(19,20)17-10-6-2-4-9-5-3-7-15-12(9)10/h2-8,17H,1H3,(H2,14,16). The van der Waals surface area contributed by atoms with Crippen LogP contribution >= 0.6 is 0 Å². The Labute approximate surface area is 121 Å². The molecule has 7 nitrogen and oxygen atoms in total. The van der Waals surface area contributed by atoms with Gasteiger partial charge in [-0.2, -0.15) is 5.10 Å². The number of fused-ring (bicyclic) bond motifs is 1. The number of hydrogen-bond donors (Lipinski definition) is 2. The number of benzene rings is 1. The molecule has 0 bridgehead atoms. The molecule has 108 valence electrons. The van der Waals surface area contributed by atoms with Crippen molar-refractivity contribution in [2.45, 2.75) is 4.90 Å². The molecule has 2 aromatic heterocycles. The van der Waals surface area contributed by atoms with Crippen LogP contribution in [0.3, 0.4) is 0 Å². The maximum absolute atomic E-state index is 12.4. The third-order valence-corrected chi connectivity index (χ3v) is 4.37. The number of aryl methyl sites for hydroxylation is 1. The molecule has 2 heterocycles. The lowest BCUT2D eigenvalue weighted by atomic mass is 10.2. The van der Waals surface area contributed by atoms with Gasteiger partial charge in [-0.3, -0.25) is 14.4 Å². The maximum atomic E-state index is 12.4. The molecule has 0 spiro atoms. The van der Waals surface area contributed by atoms with Crippen molar-refractivity contribution in [2.24, 2.45) is 7.05 Å². The maximum Gasteiger partial charge on any atom is 0.267 e. The number of pyridine rings is 1. The Bertz CT molecular complexity index is 912. The molecule has 0 aliphatic rings. The number of aromatic nitrogens is 3. The molecule has 3 N–H and O–H groups in total. The van der Waals surface area contributed by atoms with Crippen molar-refractivity contribution in [3.63, 3.8) is 0 Å². The Hall–Kier alpha value is -2.61. The zero-order valence-corrected chi connectivity index (χ0v) is 12.0. The number of para-hydroxylation sites is 1. The van der Waals surface area contributed by atoms with Gasteiger partial charge in [0.15, 0.2) is 5.82 Å². The summed E-state index contributed by atoms with van der Waals surface area (Å²) in [5.41, 5.74) is 6.60. The predicted octanol–water partition coefficient (Wildman–Crippen LogP) is 1.35. The van der Waals surface area contributed by atoms with Crippen LogP contribution in [0.4, 0.5) is 11.5 Å². The monoisotopic (exact) mass is 303 g/mol. The van der Waals surface area contributed by atoms with E-state index < -0.39 is 10.0 Å². The van der Waals surface area contributed by atoms with Gasteiger partial charge < -0.3 is 5.73 Å². The molecule has 0 radical (unpaired) electrons. The van der Waals surface area contributed by atoms with Crippen LogP contribution in [-0.2, 0) is 17.1 Å². The normalized spacial score (nSPS) is 11.7. The molecule has 0 aliphatic carbocycles. The zero-order valence-electron chi connectivity index (χ0n) is 11.2. The highest BCUT2D eigenvalue weighted by Gasteiger charge is 2.21. The number of rotatable bonds is 3. The number of nitrogen functional groups attached to an aromatic ring is 1. The second-order valence-electron chi connectivity index (χ2n) is 4.54. The van der Waals surface area contributed by atoms with Gasteiger partial charge in [0.2, 0.25) is 0 Å². The molecule has 1 aromatic carbocycles. The summed E-state index contributed by atoms with van der Waals surface area (Å²) in [6.45, 7) is 0. The number of nitrogens with zero attached hydrogens (tertiary/aromatic N) is 3. The average molecular weight is 303 g/mol. The molecule has 0 amide bonds. The van der Waals surface area contributed by atoms with E-state index in [9.17, 15) is 8.42 Å². The van der Waals surface area contributed by atoms with E-state index in [4.69, 9.17) is 5.73 Å². The van der Waals surface area contributed by atoms with Gasteiger partial charge in [0, 0.05) is 24.8 Å².